The first kappa shape index (κ1) is 26.2. The summed E-state index contributed by atoms with van der Waals surface area (Å²) in [6.07, 6.45) is 11.0. The maximum absolute atomic E-state index is 15.3. The van der Waals surface area contributed by atoms with Gasteiger partial charge in [-0.25, -0.2) is 9.18 Å². The Hall–Kier alpha value is -3.37. The number of aromatic nitrogens is 1. The van der Waals surface area contributed by atoms with Gasteiger partial charge < -0.3 is 14.4 Å². The zero-order valence-corrected chi connectivity index (χ0v) is 20.6. The van der Waals surface area contributed by atoms with Crippen molar-refractivity contribution < 1.29 is 23.5 Å². The maximum atomic E-state index is 15.3. The van der Waals surface area contributed by atoms with Crippen LogP contribution in [-0.2, 0) is 20.9 Å². The third-order valence-electron chi connectivity index (χ3n) is 5.55. The summed E-state index contributed by atoms with van der Waals surface area (Å²) in [6, 6.07) is 5.96. The summed E-state index contributed by atoms with van der Waals surface area (Å²) in [4.78, 5) is 32.0. The van der Waals surface area contributed by atoms with Gasteiger partial charge in [0.25, 0.3) is 5.91 Å². The summed E-state index contributed by atoms with van der Waals surface area (Å²) in [7, 11) is 0. The standard InChI is InChI=1S/C27H28ClFN2O4/c1-4-13-34-27(33)21-11-7-6-10-20(21)26(32)31(17-19-9-8-12-30-16-19)24-15-25(35-18(3)5-2)22(28)14-23(24)29/h2,8-9,12,14-16,18H,4,6-7,10-11,13,17H2,1,3H3. The molecule has 2 aromatic rings. The zero-order valence-electron chi connectivity index (χ0n) is 19.9. The number of hydrogen-bond acceptors (Lipinski definition) is 5. The number of anilines is 1. The average molecular weight is 499 g/mol. The highest BCUT2D eigenvalue weighted by molar-refractivity contribution is 6.32. The Morgan fingerprint density at radius 3 is 2.69 bits per heavy atom. The van der Waals surface area contributed by atoms with Gasteiger partial charge in [-0.2, -0.15) is 0 Å². The lowest BCUT2D eigenvalue weighted by atomic mass is 9.90. The van der Waals surface area contributed by atoms with Crippen LogP contribution < -0.4 is 9.64 Å². The fourth-order valence-corrected chi connectivity index (χ4v) is 3.99. The molecular weight excluding hydrogens is 471 g/mol. The van der Waals surface area contributed by atoms with Crippen LogP contribution in [0.15, 0.2) is 47.8 Å². The fourth-order valence-electron chi connectivity index (χ4n) is 3.79. The Bertz CT molecular complexity index is 1140. The molecule has 0 N–H and O–H groups in total. The van der Waals surface area contributed by atoms with Crippen LogP contribution in [0, 0.1) is 18.2 Å². The fraction of sp³-hybridized carbons (Fsp3) is 0.370. The lowest BCUT2D eigenvalue weighted by molar-refractivity contribution is -0.139. The molecule has 0 radical (unpaired) electrons. The predicted molar refractivity (Wildman–Crippen MR) is 133 cm³/mol. The van der Waals surface area contributed by atoms with Crippen molar-refractivity contribution in [3.05, 3.63) is 64.2 Å². The molecule has 1 aromatic carbocycles. The van der Waals surface area contributed by atoms with E-state index in [0.29, 0.717) is 36.0 Å². The maximum Gasteiger partial charge on any atom is 0.334 e. The van der Waals surface area contributed by atoms with Crippen LogP contribution >= 0.6 is 11.6 Å². The first-order chi connectivity index (χ1) is 16.8. The molecule has 1 atom stereocenters. The second-order valence-corrected chi connectivity index (χ2v) is 8.62. The van der Waals surface area contributed by atoms with Crippen molar-refractivity contribution in [2.24, 2.45) is 0 Å². The van der Waals surface area contributed by atoms with Crippen LogP contribution in [0.5, 0.6) is 5.75 Å². The number of benzene rings is 1. The van der Waals surface area contributed by atoms with Crippen LogP contribution in [0.1, 0.15) is 51.5 Å². The topological polar surface area (TPSA) is 68.7 Å². The number of terminal acetylenes is 1. The number of carbonyl (C=O) groups is 2. The molecule has 0 spiro atoms. The van der Waals surface area contributed by atoms with Crippen LogP contribution in [0.4, 0.5) is 10.1 Å². The summed E-state index contributed by atoms with van der Waals surface area (Å²) in [6.45, 7) is 3.84. The lowest BCUT2D eigenvalue weighted by Crippen LogP contribution is -2.34. The van der Waals surface area contributed by atoms with Crippen molar-refractivity contribution in [1.82, 2.24) is 4.98 Å². The Morgan fingerprint density at radius 2 is 2.03 bits per heavy atom. The number of hydrogen-bond donors (Lipinski definition) is 0. The van der Waals surface area contributed by atoms with Crippen molar-refractivity contribution in [2.45, 2.75) is 58.6 Å². The number of rotatable bonds is 9. The van der Waals surface area contributed by atoms with Gasteiger partial charge >= 0.3 is 5.97 Å². The van der Waals surface area contributed by atoms with Gasteiger partial charge in [0.05, 0.1) is 23.9 Å². The van der Waals surface area contributed by atoms with Crippen LogP contribution in [-0.4, -0.2) is 29.6 Å². The normalized spacial score (nSPS) is 14.1. The third kappa shape index (κ3) is 6.61. The molecule has 0 bridgehead atoms. The summed E-state index contributed by atoms with van der Waals surface area (Å²) >= 11 is 6.19. The Kier molecular flexibility index (Phi) is 9.27. The van der Waals surface area contributed by atoms with E-state index in [9.17, 15) is 9.59 Å². The molecule has 0 aliphatic heterocycles. The minimum Gasteiger partial charge on any atom is -0.476 e. The largest absolute Gasteiger partial charge is 0.476 e. The second kappa shape index (κ2) is 12.4. The average Bonchev–Trinajstić information content (AvgIpc) is 2.87. The molecule has 35 heavy (non-hydrogen) atoms. The second-order valence-electron chi connectivity index (χ2n) is 8.21. The molecule has 3 rings (SSSR count). The number of nitrogens with zero attached hydrogens (tertiary/aromatic N) is 2. The molecule has 1 heterocycles. The zero-order chi connectivity index (χ0) is 25.4. The minimum absolute atomic E-state index is 0.0240. The van der Waals surface area contributed by atoms with Crippen molar-refractivity contribution in [1.29, 1.82) is 0 Å². The third-order valence-corrected chi connectivity index (χ3v) is 5.84. The summed E-state index contributed by atoms with van der Waals surface area (Å²) < 4.78 is 26.2. The summed E-state index contributed by atoms with van der Waals surface area (Å²) in [5, 5.41) is 0.0304. The SMILES string of the molecule is C#CC(C)Oc1cc(N(Cc2cccnc2)C(=O)C2=C(C(=O)OCCC)CCCC2)c(F)cc1Cl. The van der Waals surface area contributed by atoms with Crippen LogP contribution in [0.25, 0.3) is 0 Å². The van der Waals surface area contributed by atoms with E-state index >= 15 is 4.39 Å². The van der Waals surface area contributed by atoms with Gasteiger partial charge in [-0.1, -0.05) is 30.5 Å². The van der Waals surface area contributed by atoms with E-state index in [1.165, 1.54) is 11.0 Å². The Morgan fingerprint density at radius 1 is 1.29 bits per heavy atom. The Balaban J connectivity index is 2.09. The minimum atomic E-state index is -0.709. The molecule has 1 aromatic heterocycles. The number of halogens is 2. The van der Waals surface area contributed by atoms with Gasteiger partial charge in [-0.3, -0.25) is 9.78 Å². The van der Waals surface area contributed by atoms with E-state index in [0.717, 1.165) is 18.9 Å². The van der Waals surface area contributed by atoms with Crippen LogP contribution in [0.3, 0.4) is 0 Å². The monoisotopic (exact) mass is 498 g/mol. The molecule has 1 amide bonds. The lowest BCUT2D eigenvalue weighted by Gasteiger charge is -2.28. The van der Waals surface area contributed by atoms with Crippen LogP contribution in [0.2, 0.25) is 5.02 Å². The predicted octanol–water partition coefficient (Wildman–Crippen LogP) is 5.63. The van der Waals surface area contributed by atoms with Gasteiger partial charge in [-0.15, -0.1) is 6.42 Å². The summed E-state index contributed by atoms with van der Waals surface area (Å²) in [5.74, 6) is 0.895. The van der Waals surface area contributed by atoms with E-state index in [-0.39, 0.29) is 29.6 Å². The molecule has 8 heteroatoms. The first-order valence-electron chi connectivity index (χ1n) is 11.6. The highest BCUT2D eigenvalue weighted by Gasteiger charge is 2.30. The highest BCUT2D eigenvalue weighted by Crippen LogP contribution is 2.36. The number of esters is 1. The molecule has 1 aliphatic rings. The molecule has 0 saturated carbocycles. The van der Waals surface area contributed by atoms with E-state index in [2.05, 4.69) is 10.9 Å². The van der Waals surface area contributed by atoms with Crippen molar-refractivity contribution in [3.63, 3.8) is 0 Å². The smallest absolute Gasteiger partial charge is 0.334 e. The number of ether oxygens (including phenoxy) is 2. The van der Waals surface area contributed by atoms with Crippen molar-refractivity contribution in [2.75, 3.05) is 11.5 Å². The molecule has 6 nitrogen and oxygen atoms in total. The Labute approximate surface area is 210 Å². The van der Waals surface area contributed by atoms with E-state index in [1.54, 1.807) is 31.5 Å². The van der Waals surface area contributed by atoms with E-state index in [4.69, 9.17) is 27.5 Å². The van der Waals surface area contributed by atoms with Crippen molar-refractivity contribution in [3.8, 4) is 18.1 Å². The van der Waals surface area contributed by atoms with Gasteiger partial charge in [0.15, 0.2) is 6.10 Å². The van der Waals surface area contributed by atoms with Gasteiger partial charge in [0, 0.05) is 29.6 Å². The quantitative estimate of drug-likeness (QED) is 0.331. The number of pyridine rings is 1. The van der Waals surface area contributed by atoms with Gasteiger partial charge in [0.1, 0.15) is 11.6 Å². The molecule has 184 valence electrons. The molecule has 0 saturated heterocycles. The number of amides is 1. The van der Waals surface area contributed by atoms with Gasteiger partial charge in [0.2, 0.25) is 0 Å². The molecule has 1 aliphatic carbocycles. The van der Waals surface area contributed by atoms with E-state index in [1.807, 2.05) is 6.92 Å². The van der Waals surface area contributed by atoms with Gasteiger partial charge in [-0.05, 0) is 56.7 Å². The first-order valence-corrected chi connectivity index (χ1v) is 11.9. The summed E-state index contributed by atoms with van der Waals surface area (Å²) in [5.41, 5.74) is 1.32. The molecular formula is C27H28ClFN2O4. The number of carbonyl (C=O) groups excluding carboxylic acids is 2. The van der Waals surface area contributed by atoms with Crippen molar-refractivity contribution >= 4 is 29.2 Å². The molecule has 1 unspecified atom stereocenters. The van der Waals surface area contributed by atoms with E-state index < -0.39 is 23.8 Å². The molecule has 0 fully saturated rings. The highest BCUT2D eigenvalue weighted by atomic mass is 35.5.